The summed E-state index contributed by atoms with van der Waals surface area (Å²) >= 11 is 0. The van der Waals surface area contributed by atoms with E-state index in [1.54, 1.807) is 6.07 Å². The molecule has 6 nitrogen and oxygen atoms in total. The molecule has 0 aliphatic carbocycles. The predicted octanol–water partition coefficient (Wildman–Crippen LogP) is -0.233. The summed E-state index contributed by atoms with van der Waals surface area (Å²) in [6, 6.07) is 2.28. The summed E-state index contributed by atoms with van der Waals surface area (Å²) in [7, 11) is 1.39. The number of hydrogen-bond acceptors (Lipinski definition) is 4. The van der Waals surface area contributed by atoms with Crippen molar-refractivity contribution in [2.75, 3.05) is 7.05 Å². The zero-order valence-electron chi connectivity index (χ0n) is 8.60. The van der Waals surface area contributed by atoms with E-state index in [1.165, 1.54) is 19.4 Å². The highest BCUT2D eigenvalue weighted by Crippen LogP contribution is 2.11. The Morgan fingerprint density at radius 2 is 2.31 bits per heavy atom. The number of rotatable bonds is 2. The van der Waals surface area contributed by atoms with E-state index in [-0.39, 0.29) is 18.1 Å². The van der Waals surface area contributed by atoms with Crippen molar-refractivity contribution in [2.45, 2.75) is 12.5 Å². The second-order valence-electron chi connectivity index (χ2n) is 3.50. The Morgan fingerprint density at radius 1 is 1.56 bits per heavy atom. The highest BCUT2D eigenvalue weighted by atomic mass is 16.3. The summed E-state index contributed by atoms with van der Waals surface area (Å²) in [6.07, 6.45) is 1.37. The van der Waals surface area contributed by atoms with Crippen molar-refractivity contribution in [1.82, 2.24) is 10.2 Å². The van der Waals surface area contributed by atoms with Gasteiger partial charge in [-0.1, -0.05) is 0 Å². The Morgan fingerprint density at radius 3 is 2.81 bits per heavy atom. The fourth-order valence-corrected chi connectivity index (χ4v) is 1.51. The van der Waals surface area contributed by atoms with Gasteiger partial charge in [-0.25, -0.2) is 0 Å². The zero-order chi connectivity index (χ0) is 11.7. The first-order valence-corrected chi connectivity index (χ1v) is 4.74. The topological polar surface area (TPSA) is 79.6 Å². The molecule has 1 N–H and O–H groups in total. The monoisotopic (exact) mass is 222 g/mol. The first-order valence-electron chi connectivity index (χ1n) is 4.74. The highest BCUT2D eigenvalue weighted by Gasteiger charge is 2.37. The number of furan rings is 1. The molecule has 16 heavy (non-hydrogen) atoms. The maximum atomic E-state index is 11.5. The molecule has 1 atom stereocenters. The molecule has 6 heteroatoms. The molecule has 3 amide bonds. The third kappa shape index (κ3) is 1.69. The van der Waals surface area contributed by atoms with E-state index in [0.29, 0.717) is 0 Å². The average Bonchev–Trinajstić information content (AvgIpc) is 2.85. The van der Waals surface area contributed by atoms with Gasteiger partial charge in [0.2, 0.25) is 5.91 Å². The Kier molecular flexibility index (Phi) is 2.47. The van der Waals surface area contributed by atoms with Crippen molar-refractivity contribution in [3.8, 4) is 0 Å². The van der Waals surface area contributed by atoms with Crippen molar-refractivity contribution in [1.29, 1.82) is 0 Å². The molecule has 1 saturated heterocycles. The molecule has 1 unspecified atom stereocenters. The molecule has 84 valence electrons. The van der Waals surface area contributed by atoms with Gasteiger partial charge in [0, 0.05) is 7.05 Å². The van der Waals surface area contributed by atoms with Crippen LogP contribution in [0.4, 0.5) is 0 Å². The third-order valence-corrected chi connectivity index (χ3v) is 2.43. The van der Waals surface area contributed by atoms with E-state index < -0.39 is 17.9 Å². The summed E-state index contributed by atoms with van der Waals surface area (Å²) < 4.78 is 4.87. The minimum atomic E-state index is -0.782. The Hall–Kier alpha value is -2.11. The lowest BCUT2D eigenvalue weighted by molar-refractivity contribution is -0.137. The Bertz CT molecular complexity index is 438. The van der Waals surface area contributed by atoms with Gasteiger partial charge in [0.15, 0.2) is 5.76 Å². The number of imide groups is 1. The van der Waals surface area contributed by atoms with Gasteiger partial charge < -0.3 is 9.73 Å². The van der Waals surface area contributed by atoms with Crippen LogP contribution in [0.25, 0.3) is 0 Å². The number of likely N-dealkylation sites (N-methyl/N-ethyl adjacent to an activating group) is 1. The van der Waals surface area contributed by atoms with Crippen LogP contribution in [-0.4, -0.2) is 35.7 Å². The van der Waals surface area contributed by atoms with E-state index in [0.717, 1.165) is 4.90 Å². The van der Waals surface area contributed by atoms with Gasteiger partial charge in [0.25, 0.3) is 11.8 Å². The van der Waals surface area contributed by atoms with Crippen LogP contribution in [0.5, 0.6) is 0 Å². The molecule has 1 aliphatic heterocycles. The number of nitrogens with one attached hydrogen (secondary N) is 1. The largest absolute Gasteiger partial charge is 0.459 e. The molecule has 0 radical (unpaired) electrons. The van der Waals surface area contributed by atoms with Crippen LogP contribution in [0, 0.1) is 0 Å². The van der Waals surface area contributed by atoms with Gasteiger partial charge >= 0.3 is 0 Å². The summed E-state index contributed by atoms with van der Waals surface area (Å²) in [5, 5.41) is 2.45. The van der Waals surface area contributed by atoms with Crippen molar-refractivity contribution in [2.24, 2.45) is 0 Å². The molecular weight excluding hydrogens is 212 g/mol. The van der Waals surface area contributed by atoms with Crippen LogP contribution in [0.15, 0.2) is 22.8 Å². The van der Waals surface area contributed by atoms with Gasteiger partial charge in [0.1, 0.15) is 6.04 Å². The van der Waals surface area contributed by atoms with Gasteiger partial charge in [-0.2, -0.15) is 0 Å². The zero-order valence-corrected chi connectivity index (χ0v) is 8.60. The number of carbonyl (C=O) groups is 3. The van der Waals surface area contributed by atoms with Crippen molar-refractivity contribution in [3.05, 3.63) is 24.2 Å². The lowest BCUT2D eigenvalue weighted by Gasteiger charge is -2.09. The van der Waals surface area contributed by atoms with Crippen LogP contribution >= 0.6 is 0 Å². The van der Waals surface area contributed by atoms with E-state index in [1.807, 2.05) is 0 Å². The highest BCUT2D eigenvalue weighted by molar-refractivity contribution is 6.07. The van der Waals surface area contributed by atoms with E-state index in [4.69, 9.17) is 4.42 Å². The van der Waals surface area contributed by atoms with Gasteiger partial charge in [-0.3, -0.25) is 19.3 Å². The van der Waals surface area contributed by atoms with Gasteiger partial charge in [0.05, 0.1) is 12.7 Å². The van der Waals surface area contributed by atoms with Crippen molar-refractivity contribution >= 4 is 17.7 Å². The third-order valence-electron chi connectivity index (χ3n) is 2.43. The van der Waals surface area contributed by atoms with Crippen molar-refractivity contribution in [3.63, 3.8) is 0 Å². The van der Waals surface area contributed by atoms with E-state index in [9.17, 15) is 14.4 Å². The molecule has 2 heterocycles. The van der Waals surface area contributed by atoms with Crippen LogP contribution in [-0.2, 0) is 9.59 Å². The maximum absolute atomic E-state index is 11.5. The first-order chi connectivity index (χ1) is 7.59. The van der Waals surface area contributed by atoms with E-state index >= 15 is 0 Å². The lowest BCUT2D eigenvalue weighted by Crippen LogP contribution is -2.40. The van der Waals surface area contributed by atoms with E-state index in [2.05, 4.69) is 5.32 Å². The molecular formula is C10H10N2O4. The fourth-order valence-electron chi connectivity index (χ4n) is 1.51. The first kappa shape index (κ1) is 10.4. The van der Waals surface area contributed by atoms with Crippen LogP contribution in [0.1, 0.15) is 17.0 Å². The number of carbonyl (C=O) groups excluding carboxylic acids is 3. The molecule has 0 spiro atoms. The molecule has 0 bridgehead atoms. The number of nitrogens with zero attached hydrogens (tertiary/aromatic N) is 1. The predicted molar refractivity (Wildman–Crippen MR) is 52.4 cm³/mol. The smallest absolute Gasteiger partial charge is 0.287 e. The van der Waals surface area contributed by atoms with Crippen LogP contribution in [0.3, 0.4) is 0 Å². The molecule has 2 rings (SSSR count). The molecule has 0 saturated carbocycles. The minimum absolute atomic E-state index is 0.00177. The normalized spacial score (nSPS) is 20.3. The van der Waals surface area contributed by atoms with Gasteiger partial charge in [-0.15, -0.1) is 0 Å². The Labute approximate surface area is 91.2 Å². The molecule has 1 aromatic heterocycles. The number of likely N-dealkylation sites (tertiary alicyclic amines) is 1. The standard InChI is InChI=1S/C10H10N2O4/c1-12-8(13)5-6(10(12)15)11-9(14)7-3-2-4-16-7/h2-4,6H,5H2,1H3,(H,11,14). The van der Waals surface area contributed by atoms with Crippen LogP contribution in [0.2, 0.25) is 0 Å². The fraction of sp³-hybridized carbons (Fsp3) is 0.300. The molecule has 0 aromatic carbocycles. The quantitative estimate of drug-likeness (QED) is 0.701. The summed E-state index contributed by atoms with van der Waals surface area (Å²) in [4.78, 5) is 35.2. The Balaban J connectivity index is 2.04. The second-order valence-corrected chi connectivity index (χ2v) is 3.50. The average molecular weight is 222 g/mol. The number of hydrogen-bond donors (Lipinski definition) is 1. The molecule has 1 aliphatic rings. The summed E-state index contributed by atoms with van der Waals surface area (Å²) in [6.45, 7) is 0. The lowest BCUT2D eigenvalue weighted by atomic mass is 10.2. The van der Waals surface area contributed by atoms with Crippen molar-refractivity contribution < 1.29 is 18.8 Å². The SMILES string of the molecule is CN1C(=O)CC(NC(=O)c2ccco2)C1=O. The second kappa shape index (κ2) is 3.80. The molecule has 1 fully saturated rings. The molecule has 1 aromatic rings. The summed E-state index contributed by atoms with van der Waals surface area (Å²) in [5.41, 5.74) is 0. The van der Waals surface area contributed by atoms with Gasteiger partial charge in [-0.05, 0) is 12.1 Å². The maximum Gasteiger partial charge on any atom is 0.287 e. The summed E-state index contributed by atoms with van der Waals surface area (Å²) in [5.74, 6) is -1.07. The minimum Gasteiger partial charge on any atom is -0.459 e. The van der Waals surface area contributed by atoms with Crippen LogP contribution < -0.4 is 5.32 Å². The number of amides is 3.